The quantitative estimate of drug-likeness (QED) is 0.304. The summed E-state index contributed by atoms with van der Waals surface area (Å²) in [5.74, 6) is -0.279. The number of carbonyl (C=O) groups excluding carboxylic acids is 2. The lowest BCUT2D eigenvalue weighted by atomic mass is 10.0. The van der Waals surface area contributed by atoms with Gasteiger partial charge in [0.05, 0.1) is 29.4 Å². The van der Waals surface area contributed by atoms with Gasteiger partial charge in [-0.05, 0) is 73.6 Å². The van der Waals surface area contributed by atoms with E-state index in [0.717, 1.165) is 59.2 Å². The lowest BCUT2D eigenvalue weighted by Gasteiger charge is -2.23. The second-order valence-electron chi connectivity index (χ2n) is 9.98. The van der Waals surface area contributed by atoms with Crippen LogP contribution in [0.25, 0.3) is 10.9 Å². The molecule has 1 aliphatic heterocycles. The van der Waals surface area contributed by atoms with Crippen molar-refractivity contribution in [3.63, 3.8) is 0 Å². The van der Waals surface area contributed by atoms with Gasteiger partial charge in [-0.3, -0.25) is 14.6 Å². The number of hydrogen-bond acceptors (Lipinski definition) is 5. The number of hydrogen-bond donors (Lipinski definition) is 2. The van der Waals surface area contributed by atoms with Crippen LogP contribution >= 0.6 is 11.6 Å². The zero-order chi connectivity index (χ0) is 27.4. The number of fused-ring (bicyclic) bond motifs is 1. The van der Waals surface area contributed by atoms with Crippen LogP contribution in [0.2, 0.25) is 5.02 Å². The van der Waals surface area contributed by atoms with Crippen molar-refractivity contribution < 1.29 is 14.3 Å². The zero-order valence-electron chi connectivity index (χ0n) is 22.1. The number of aromatic nitrogens is 3. The van der Waals surface area contributed by atoms with Crippen LogP contribution in [-0.4, -0.2) is 33.2 Å². The molecule has 5 rings (SSSR count). The van der Waals surface area contributed by atoms with Crippen molar-refractivity contribution >= 4 is 34.3 Å². The average molecular weight is 546 g/mol. The lowest BCUT2D eigenvalue weighted by molar-refractivity contribution is -0.119. The molecule has 0 spiro atoms. The molecule has 0 radical (unpaired) electrons. The lowest BCUT2D eigenvalue weighted by Crippen LogP contribution is -2.24. The first kappa shape index (κ1) is 26.8. The normalized spacial score (nSPS) is 16.1. The second kappa shape index (κ2) is 12.0. The Labute approximate surface area is 232 Å². The van der Waals surface area contributed by atoms with Crippen LogP contribution in [0.15, 0.2) is 60.9 Å². The summed E-state index contributed by atoms with van der Waals surface area (Å²) in [6.07, 6.45) is 6.91. The van der Waals surface area contributed by atoms with Crippen molar-refractivity contribution in [1.29, 1.82) is 0 Å². The number of pyridine rings is 1. The molecule has 39 heavy (non-hydrogen) atoms. The number of halogens is 1. The van der Waals surface area contributed by atoms with Crippen LogP contribution in [0.1, 0.15) is 78.1 Å². The number of benzene rings is 2. The van der Waals surface area contributed by atoms with Crippen LogP contribution in [0.5, 0.6) is 0 Å². The number of ether oxygens (including phenoxy) is 1. The van der Waals surface area contributed by atoms with E-state index in [-0.39, 0.29) is 30.6 Å². The molecule has 1 aliphatic rings. The van der Waals surface area contributed by atoms with Gasteiger partial charge in [0.15, 0.2) is 6.23 Å². The van der Waals surface area contributed by atoms with Gasteiger partial charge in [0.25, 0.3) is 5.91 Å². The summed E-state index contributed by atoms with van der Waals surface area (Å²) < 4.78 is 7.87. The van der Waals surface area contributed by atoms with Crippen molar-refractivity contribution in [2.24, 2.45) is 0 Å². The maximum absolute atomic E-state index is 13.1. The van der Waals surface area contributed by atoms with E-state index >= 15 is 0 Å². The molecule has 202 valence electrons. The van der Waals surface area contributed by atoms with Crippen molar-refractivity contribution in [2.45, 2.75) is 58.3 Å². The zero-order valence-corrected chi connectivity index (χ0v) is 22.9. The van der Waals surface area contributed by atoms with E-state index in [0.29, 0.717) is 17.0 Å². The molecule has 0 saturated carbocycles. The summed E-state index contributed by atoms with van der Waals surface area (Å²) in [6, 6.07) is 15.6. The Morgan fingerprint density at radius 2 is 1.92 bits per heavy atom. The highest BCUT2D eigenvalue weighted by Crippen LogP contribution is 2.30. The largest absolute Gasteiger partial charge is 0.356 e. The standard InChI is InChI=1S/C30H32ClN5O3/c1-19(34-20(2)37)23-8-6-21(7-9-23)13-22-14-24(17-32-16-22)30(38)33-18-27-26-15-25(31)10-11-28(26)36(35-27)29-5-3-4-12-39-29/h6-11,14-17,19,29H,3-5,12-13,18H2,1-2H3,(H,33,38)(H,34,37)/t19-,29?/m0/s1. The number of nitrogens with zero attached hydrogens (tertiary/aromatic N) is 3. The van der Waals surface area contributed by atoms with Crippen molar-refractivity contribution in [3.05, 3.63) is 93.9 Å². The van der Waals surface area contributed by atoms with Crippen molar-refractivity contribution in [2.75, 3.05) is 6.61 Å². The minimum absolute atomic E-state index is 0.0556. The molecule has 1 fully saturated rings. The molecule has 8 nitrogen and oxygen atoms in total. The SMILES string of the molecule is CC(=O)N[C@@H](C)c1ccc(Cc2cncc(C(=O)NCc3nn(C4CCCCO4)c4ccc(Cl)cc34)c2)cc1. The molecule has 0 aliphatic carbocycles. The minimum Gasteiger partial charge on any atom is -0.356 e. The van der Waals surface area contributed by atoms with Crippen molar-refractivity contribution in [1.82, 2.24) is 25.4 Å². The molecule has 4 aromatic rings. The fraction of sp³-hybridized carbons (Fsp3) is 0.333. The molecule has 0 bridgehead atoms. The van der Waals surface area contributed by atoms with Gasteiger partial charge in [-0.1, -0.05) is 35.9 Å². The summed E-state index contributed by atoms with van der Waals surface area (Å²) in [7, 11) is 0. The van der Waals surface area contributed by atoms with Gasteiger partial charge in [-0.2, -0.15) is 5.10 Å². The van der Waals surface area contributed by atoms with E-state index in [4.69, 9.17) is 21.4 Å². The first-order valence-corrected chi connectivity index (χ1v) is 13.6. The van der Waals surface area contributed by atoms with E-state index in [2.05, 4.69) is 15.6 Å². The van der Waals surface area contributed by atoms with Gasteiger partial charge < -0.3 is 15.4 Å². The van der Waals surface area contributed by atoms with Crippen LogP contribution in [0.4, 0.5) is 0 Å². The third-order valence-corrected chi connectivity index (χ3v) is 7.19. The van der Waals surface area contributed by atoms with Gasteiger partial charge in [0.1, 0.15) is 0 Å². The molecule has 2 amide bonds. The Morgan fingerprint density at radius 1 is 1.10 bits per heavy atom. The van der Waals surface area contributed by atoms with E-state index in [1.165, 1.54) is 6.92 Å². The van der Waals surface area contributed by atoms with E-state index in [1.807, 2.05) is 60.1 Å². The molecule has 2 atom stereocenters. The molecular formula is C30H32ClN5O3. The number of carbonyl (C=O) groups is 2. The molecule has 2 aromatic carbocycles. The van der Waals surface area contributed by atoms with Crippen LogP contribution in [0, 0.1) is 0 Å². The molecule has 2 N–H and O–H groups in total. The number of amides is 2. The second-order valence-corrected chi connectivity index (χ2v) is 10.4. The third-order valence-electron chi connectivity index (χ3n) is 6.95. The molecule has 1 unspecified atom stereocenters. The summed E-state index contributed by atoms with van der Waals surface area (Å²) in [4.78, 5) is 28.7. The van der Waals surface area contributed by atoms with Gasteiger partial charge in [0, 0.05) is 36.3 Å². The first-order chi connectivity index (χ1) is 18.9. The van der Waals surface area contributed by atoms with E-state index in [1.54, 1.807) is 12.4 Å². The van der Waals surface area contributed by atoms with Gasteiger partial charge in [0.2, 0.25) is 5.91 Å². The fourth-order valence-corrected chi connectivity index (χ4v) is 5.14. The third kappa shape index (κ3) is 6.46. The molecule has 2 aromatic heterocycles. The smallest absolute Gasteiger partial charge is 0.253 e. The maximum atomic E-state index is 13.1. The Bertz CT molecular complexity index is 1480. The van der Waals surface area contributed by atoms with Crippen molar-refractivity contribution in [3.8, 4) is 0 Å². The summed E-state index contributed by atoms with van der Waals surface area (Å²) in [6.45, 7) is 4.44. The topological polar surface area (TPSA) is 98.1 Å². The first-order valence-electron chi connectivity index (χ1n) is 13.2. The van der Waals surface area contributed by atoms with Crippen LogP contribution in [-0.2, 0) is 22.5 Å². The Morgan fingerprint density at radius 3 is 2.67 bits per heavy atom. The highest BCUT2D eigenvalue weighted by atomic mass is 35.5. The predicted molar refractivity (Wildman–Crippen MR) is 150 cm³/mol. The molecular weight excluding hydrogens is 514 g/mol. The fourth-order valence-electron chi connectivity index (χ4n) is 4.97. The molecule has 3 heterocycles. The number of nitrogens with one attached hydrogen (secondary N) is 2. The summed E-state index contributed by atoms with van der Waals surface area (Å²) in [5.41, 5.74) is 5.23. The number of rotatable bonds is 8. The monoisotopic (exact) mass is 545 g/mol. The average Bonchev–Trinajstić information content (AvgIpc) is 3.30. The van der Waals surface area contributed by atoms with E-state index in [9.17, 15) is 9.59 Å². The van der Waals surface area contributed by atoms with E-state index < -0.39 is 0 Å². The minimum atomic E-state index is -0.220. The van der Waals surface area contributed by atoms with Crippen LogP contribution < -0.4 is 10.6 Å². The molecule has 9 heteroatoms. The maximum Gasteiger partial charge on any atom is 0.253 e. The predicted octanol–water partition coefficient (Wildman–Crippen LogP) is 5.50. The molecule has 1 saturated heterocycles. The Balaban J connectivity index is 1.27. The summed E-state index contributed by atoms with van der Waals surface area (Å²) in [5, 5.41) is 12.2. The summed E-state index contributed by atoms with van der Waals surface area (Å²) >= 11 is 6.29. The highest BCUT2D eigenvalue weighted by Gasteiger charge is 2.21. The Hall–Kier alpha value is -3.75. The van der Waals surface area contributed by atoms with Gasteiger partial charge >= 0.3 is 0 Å². The van der Waals surface area contributed by atoms with Gasteiger partial charge in [-0.25, -0.2) is 4.68 Å². The van der Waals surface area contributed by atoms with Crippen LogP contribution in [0.3, 0.4) is 0 Å². The highest BCUT2D eigenvalue weighted by molar-refractivity contribution is 6.31. The Kier molecular flexibility index (Phi) is 8.24. The van der Waals surface area contributed by atoms with Gasteiger partial charge in [-0.15, -0.1) is 0 Å².